The summed E-state index contributed by atoms with van der Waals surface area (Å²) in [6.45, 7) is 0. The monoisotopic (exact) mass is 325 g/mol. The van der Waals surface area contributed by atoms with Crippen LogP contribution in [0.1, 0.15) is 10.4 Å². The van der Waals surface area contributed by atoms with Crippen LogP contribution in [0.4, 0.5) is 0 Å². The first kappa shape index (κ1) is 15.1. The van der Waals surface area contributed by atoms with E-state index in [0.717, 1.165) is 33.3 Å². The maximum atomic E-state index is 11.4. The van der Waals surface area contributed by atoms with Crippen LogP contribution in [-0.2, 0) is 0 Å². The average molecular weight is 325 g/mol. The Morgan fingerprint density at radius 2 is 1.40 bits per heavy atom. The molecule has 0 aliphatic carbocycles. The van der Waals surface area contributed by atoms with Crippen LogP contribution >= 0.6 is 0 Å². The number of benzene rings is 3. The summed E-state index contributed by atoms with van der Waals surface area (Å²) in [5.74, 6) is -0.937. The molecule has 0 fully saturated rings. The molecule has 1 heterocycles. The zero-order valence-corrected chi connectivity index (χ0v) is 13.4. The number of fused-ring (bicyclic) bond motifs is 1. The molecule has 3 aromatic carbocycles. The summed E-state index contributed by atoms with van der Waals surface area (Å²) in [5, 5.41) is 10.2. The van der Waals surface area contributed by atoms with Crippen molar-refractivity contribution in [3.05, 3.63) is 90.5 Å². The number of nitrogens with zero attached hydrogens (tertiary/aromatic N) is 1. The minimum absolute atomic E-state index is 0.263. The Morgan fingerprint density at radius 3 is 2.04 bits per heavy atom. The van der Waals surface area contributed by atoms with E-state index in [4.69, 9.17) is 4.98 Å². The highest BCUT2D eigenvalue weighted by Crippen LogP contribution is 2.32. The van der Waals surface area contributed by atoms with Crippen LogP contribution in [0.2, 0.25) is 0 Å². The Kier molecular flexibility index (Phi) is 3.75. The first-order chi connectivity index (χ1) is 12.2. The van der Waals surface area contributed by atoms with E-state index < -0.39 is 5.97 Å². The molecule has 0 saturated carbocycles. The lowest BCUT2D eigenvalue weighted by molar-refractivity contribution is 0.0697. The lowest BCUT2D eigenvalue weighted by Crippen LogP contribution is -1.97. The number of carboxylic acids is 1. The summed E-state index contributed by atoms with van der Waals surface area (Å²) < 4.78 is 0. The highest BCUT2D eigenvalue weighted by molar-refractivity contribution is 6.01. The summed E-state index contributed by atoms with van der Waals surface area (Å²) in [4.78, 5) is 16.1. The fraction of sp³-hybridized carbons (Fsp3) is 0. The standard InChI is InChI=1S/C22H15NO2/c24-22(25)17-11-12-20-19(13-17)18(15-7-3-1-4-8-15)14-21(23-20)16-9-5-2-6-10-16/h1-14H,(H,24,25). The molecule has 0 aliphatic rings. The van der Waals surface area contributed by atoms with Crippen molar-refractivity contribution in [3.8, 4) is 22.4 Å². The van der Waals surface area contributed by atoms with Crippen molar-refractivity contribution >= 4 is 16.9 Å². The van der Waals surface area contributed by atoms with Gasteiger partial charge in [0.15, 0.2) is 0 Å². The van der Waals surface area contributed by atoms with Crippen molar-refractivity contribution in [1.29, 1.82) is 0 Å². The van der Waals surface area contributed by atoms with Crippen molar-refractivity contribution in [3.63, 3.8) is 0 Å². The number of pyridine rings is 1. The van der Waals surface area contributed by atoms with E-state index in [1.807, 2.05) is 66.7 Å². The predicted octanol–water partition coefficient (Wildman–Crippen LogP) is 5.27. The third kappa shape index (κ3) is 2.88. The molecule has 120 valence electrons. The lowest BCUT2D eigenvalue weighted by atomic mass is 9.97. The average Bonchev–Trinajstić information content (AvgIpc) is 2.68. The maximum Gasteiger partial charge on any atom is 0.335 e. The summed E-state index contributed by atoms with van der Waals surface area (Å²) >= 11 is 0. The van der Waals surface area contributed by atoms with Crippen molar-refractivity contribution in [2.24, 2.45) is 0 Å². The fourth-order valence-electron chi connectivity index (χ4n) is 2.97. The molecular formula is C22H15NO2. The second kappa shape index (κ2) is 6.21. The van der Waals surface area contributed by atoms with Crippen molar-refractivity contribution in [1.82, 2.24) is 4.98 Å². The highest BCUT2D eigenvalue weighted by Gasteiger charge is 2.12. The van der Waals surface area contributed by atoms with Gasteiger partial charge in [0.2, 0.25) is 0 Å². The Balaban J connectivity index is 2.03. The summed E-state index contributed by atoms with van der Waals surface area (Å²) in [7, 11) is 0. The minimum atomic E-state index is -0.937. The number of hydrogen-bond donors (Lipinski definition) is 1. The van der Waals surface area contributed by atoms with E-state index in [9.17, 15) is 9.90 Å². The molecule has 25 heavy (non-hydrogen) atoms. The Hall–Kier alpha value is -3.46. The smallest absolute Gasteiger partial charge is 0.335 e. The van der Waals surface area contributed by atoms with Gasteiger partial charge in [-0.1, -0.05) is 60.7 Å². The number of hydrogen-bond acceptors (Lipinski definition) is 2. The van der Waals surface area contributed by atoms with E-state index in [1.165, 1.54) is 0 Å². The normalized spacial score (nSPS) is 10.7. The number of aromatic nitrogens is 1. The Morgan fingerprint density at radius 1 is 0.760 bits per heavy atom. The van der Waals surface area contributed by atoms with Crippen molar-refractivity contribution < 1.29 is 9.90 Å². The fourth-order valence-corrected chi connectivity index (χ4v) is 2.97. The van der Waals surface area contributed by atoms with Crippen molar-refractivity contribution in [2.45, 2.75) is 0 Å². The molecule has 1 N–H and O–H groups in total. The molecule has 0 radical (unpaired) electrons. The quantitative estimate of drug-likeness (QED) is 0.558. The molecule has 4 rings (SSSR count). The molecular weight excluding hydrogens is 310 g/mol. The van der Waals surface area contributed by atoms with Gasteiger partial charge in [-0.25, -0.2) is 9.78 Å². The third-order valence-corrected chi connectivity index (χ3v) is 4.21. The van der Waals surface area contributed by atoms with Gasteiger partial charge in [-0.15, -0.1) is 0 Å². The largest absolute Gasteiger partial charge is 0.478 e. The maximum absolute atomic E-state index is 11.4. The second-order valence-corrected chi connectivity index (χ2v) is 5.82. The molecule has 0 unspecified atom stereocenters. The molecule has 0 saturated heterocycles. The second-order valence-electron chi connectivity index (χ2n) is 5.82. The molecule has 3 heteroatoms. The molecule has 0 atom stereocenters. The first-order valence-electron chi connectivity index (χ1n) is 8.01. The van der Waals surface area contributed by atoms with Crippen LogP contribution in [0.3, 0.4) is 0 Å². The number of rotatable bonds is 3. The van der Waals surface area contributed by atoms with Gasteiger partial charge in [-0.3, -0.25) is 0 Å². The van der Waals surface area contributed by atoms with Crippen LogP contribution in [0.25, 0.3) is 33.3 Å². The van der Waals surface area contributed by atoms with Gasteiger partial charge in [0.05, 0.1) is 16.8 Å². The predicted molar refractivity (Wildman–Crippen MR) is 99.6 cm³/mol. The van der Waals surface area contributed by atoms with E-state index in [-0.39, 0.29) is 5.56 Å². The van der Waals surface area contributed by atoms with E-state index >= 15 is 0 Å². The number of aromatic carboxylic acids is 1. The van der Waals surface area contributed by atoms with Gasteiger partial charge >= 0.3 is 5.97 Å². The third-order valence-electron chi connectivity index (χ3n) is 4.21. The lowest BCUT2D eigenvalue weighted by Gasteiger charge is -2.11. The van der Waals surface area contributed by atoms with Gasteiger partial charge in [-0.2, -0.15) is 0 Å². The number of carboxylic acid groups (broad SMARTS) is 1. The van der Waals surface area contributed by atoms with Crippen molar-refractivity contribution in [2.75, 3.05) is 0 Å². The van der Waals surface area contributed by atoms with Gasteiger partial charge in [0, 0.05) is 10.9 Å². The van der Waals surface area contributed by atoms with Crippen LogP contribution in [0, 0.1) is 0 Å². The van der Waals surface area contributed by atoms with Gasteiger partial charge in [-0.05, 0) is 35.4 Å². The van der Waals surface area contributed by atoms with Gasteiger partial charge in [0.1, 0.15) is 0 Å². The highest BCUT2D eigenvalue weighted by atomic mass is 16.4. The number of carbonyl (C=O) groups is 1. The Labute approximate surface area is 145 Å². The summed E-state index contributed by atoms with van der Waals surface area (Å²) in [5.41, 5.74) is 4.96. The SMILES string of the molecule is O=C(O)c1ccc2nc(-c3ccccc3)cc(-c3ccccc3)c2c1. The van der Waals surface area contributed by atoms with Crippen LogP contribution in [-0.4, -0.2) is 16.1 Å². The molecule has 0 amide bonds. The van der Waals surface area contributed by atoms with Crippen LogP contribution < -0.4 is 0 Å². The zero-order chi connectivity index (χ0) is 17.2. The summed E-state index contributed by atoms with van der Waals surface area (Å²) in [6, 6.07) is 27.1. The van der Waals surface area contributed by atoms with E-state index in [0.29, 0.717) is 0 Å². The topological polar surface area (TPSA) is 50.2 Å². The molecule has 1 aromatic heterocycles. The van der Waals surface area contributed by atoms with E-state index in [1.54, 1.807) is 18.2 Å². The Bertz CT molecular complexity index is 1060. The van der Waals surface area contributed by atoms with E-state index in [2.05, 4.69) is 0 Å². The van der Waals surface area contributed by atoms with Crippen LogP contribution in [0.15, 0.2) is 84.9 Å². The molecule has 3 nitrogen and oxygen atoms in total. The first-order valence-corrected chi connectivity index (χ1v) is 8.01. The van der Waals surface area contributed by atoms with Crippen LogP contribution in [0.5, 0.6) is 0 Å². The summed E-state index contributed by atoms with van der Waals surface area (Å²) in [6.07, 6.45) is 0. The van der Waals surface area contributed by atoms with Gasteiger partial charge in [0.25, 0.3) is 0 Å². The molecule has 0 spiro atoms. The molecule has 0 aliphatic heterocycles. The zero-order valence-electron chi connectivity index (χ0n) is 13.4. The molecule has 4 aromatic rings. The van der Waals surface area contributed by atoms with Gasteiger partial charge < -0.3 is 5.11 Å². The minimum Gasteiger partial charge on any atom is -0.478 e. The molecule has 0 bridgehead atoms.